The van der Waals surface area contributed by atoms with E-state index in [-0.39, 0.29) is 27.0 Å². The Kier molecular flexibility index (Phi) is 8.13. The normalized spacial score (nSPS) is 10.4. The van der Waals surface area contributed by atoms with Gasteiger partial charge in [-0.2, -0.15) is 30.0 Å². The van der Waals surface area contributed by atoms with Crippen LogP contribution in [0, 0.1) is 19.1 Å². The maximum atomic E-state index is 12.7. The van der Waals surface area contributed by atoms with Crippen molar-refractivity contribution in [2.45, 2.75) is 6.92 Å². The summed E-state index contributed by atoms with van der Waals surface area (Å²) in [5.74, 6) is -0.355. The van der Waals surface area contributed by atoms with Crippen LogP contribution in [0.5, 0.6) is 0 Å². The van der Waals surface area contributed by atoms with Gasteiger partial charge in [-0.05, 0) is 24.2 Å². The molecule has 0 atom stereocenters. The van der Waals surface area contributed by atoms with Crippen LogP contribution >= 0.6 is 0 Å². The molecule has 0 saturated heterocycles. The Hall–Kier alpha value is -3.49. The first kappa shape index (κ1) is 23.2. The van der Waals surface area contributed by atoms with E-state index in [9.17, 15) is 4.79 Å². The van der Waals surface area contributed by atoms with Crippen LogP contribution in [0.25, 0.3) is 5.32 Å². The van der Waals surface area contributed by atoms with Crippen molar-refractivity contribution in [3.63, 3.8) is 0 Å². The average molecular weight is 597 g/mol. The molecule has 0 spiro atoms. The summed E-state index contributed by atoms with van der Waals surface area (Å²) in [4.78, 5) is 19.0. The maximum Gasteiger partial charge on any atom is 4.00 e. The molecule has 1 amide bonds. The van der Waals surface area contributed by atoms with Gasteiger partial charge < -0.3 is 20.0 Å². The molecule has 0 heterocycles. The van der Waals surface area contributed by atoms with E-state index >= 15 is 0 Å². The Labute approximate surface area is 202 Å². The Morgan fingerprint density at radius 1 is 0.844 bits per heavy atom. The topological polar surface area (TPSA) is 46.8 Å². The fourth-order valence-electron chi connectivity index (χ4n) is 3.05. The molecule has 5 heteroatoms. The fraction of sp³-hybridized carbons (Fsp3) is 0.0370. The monoisotopic (exact) mass is 596 g/mol. The van der Waals surface area contributed by atoms with Crippen molar-refractivity contribution in [1.82, 2.24) is 0 Å². The van der Waals surface area contributed by atoms with Crippen LogP contribution in [0.3, 0.4) is 0 Å². The second-order valence-electron chi connectivity index (χ2n) is 6.76. The zero-order chi connectivity index (χ0) is 21.5. The smallest absolute Gasteiger partial charge is 0.674 e. The zero-order valence-corrected chi connectivity index (χ0v) is 19.6. The van der Waals surface area contributed by atoms with Gasteiger partial charge in [-0.3, -0.25) is 0 Å². The van der Waals surface area contributed by atoms with Gasteiger partial charge in [0.15, 0.2) is 0 Å². The Balaban J connectivity index is 0.00000289. The van der Waals surface area contributed by atoms with E-state index in [1.807, 2.05) is 78.6 Å². The summed E-state index contributed by atoms with van der Waals surface area (Å²) in [5.41, 5.74) is 4.22. The number of amides is 1. The Bertz CT molecular complexity index is 1190. The molecule has 0 aliphatic carbocycles. The maximum absolute atomic E-state index is 12.7. The number of aryl methyl sites for hydroxylation is 1. The first-order valence-corrected chi connectivity index (χ1v) is 9.83. The molecular formula is C27H19N3OPt. The number of benzene rings is 4. The van der Waals surface area contributed by atoms with Crippen molar-refractivity contribution >= 4 is 35.0 Å². The van der Waals surface area contributed by atoms with Crippen LogP contribution in [0.15, 0.2) is 102 Å². The van der Waals surface area contributed by atoms with E-state index in [0.717, 1.165) is 11.3 Å². The van der Waals surface area contributed by atoms with Gasteiger partial charge in [0.1, 0.15) is 0 Å². The first-order valence-electron chi connectivity index (χ1n) is 9.83. The first-order chi connectivity index (χ1) is 15.2. The summed E-state index contributed by atoms with van der Waals surface area (Å²) in [6.45, 7) is 2.02. The molecule has 0 aromatic heterocycles. The molecule has 158 valence electrons. The summed E-state index contributed by atoms with van der Waals surface area (Å²) in [6, 6.07) is 35.8. The van der Waals surface area contributed by atoms with Gasteiger partial charge in [0.2, 0.25) is 0 Å². The van der Waals surface area contributed by atoms with E-state index in [0.29, 0.717) is 22.6 Å². The third kappa shape index (κ3) is 5.60. The molecule has 0 aliphatic heterocycles. The van der Waals surface area contributed by atoms with Gasteiger partial charge in [-0.15, -0.1) is 41.6 Å². The number of para-hydroxylation sites is 4. The second-order valence-corrected chi connectivity index (χ2v) is 6.76. The zero-order valence-electron chi connectivity index (χ0n) is 17.3. The van der Waals surface area contributed by atoms with Gasteiger partial charge in [0.05, 0.1) is 0 Å². The minimum Gasteiger partial charge on any atom is -0.674 e. The Morgan fingerprint density at radius 3 is 2.19 bits per heavy atom. The number of hydrogen-bond donors (Lipinski definition) is 0. The number of nitrogens with zero attached hydrogens (tertiary/aromatic N) is 3. The second kappa shape index (κ2) is 11.2. The van der Waals surface area contributed by atoms with Crippen molar-refractivity contribution < 1.29 is 25.9 Å². The van der Waals surface area contributed by atoms with Gasteiger partial charge in [0, 0.05) is 6.34 Å². The number of hydrogen-bond acceptors (Lipinski definition) is 2. The molecule has 4 nitrogen and oxygen atoms in total. The SMILES string of the molecule is Cc1ccccc1N([C-]=Nc1[c-]cccc1)c1ccccc1[N-]C(=O)c1[c-]cccc1.[Pt+4]. The third-order valence-electron chi connectivity index (χ3n) is 4.60. The van der Waals surface area contributed by atoms with Crippen LogP contribution in [0.1, 0.15) is 15.9 Å². The van der Waals surface area contributed by atoms with Crippen LogP contribution in [-0.2, 0) is 21.1 Å². The van der Waals surface area contributed by atoms with E-state index < -0.39 is 0 Å². The quantitative estimate of drug-likeness (QED) is 0.106. The van der Waals surface area contributed by atoms with Crippen molar-refractivity contribution in [3.05, 3.63) is 126 Å². The molecule has 4 rings (SSSR count). The molecule has 0 radical (unpaired) electrons. The number of carbonyl (C=O) groups is 1. The fourth-order valence-corrected chi connectivity index (χ4v) is 3.05. The van der Waals surface area contributed by atoms with Crippen molar-refractivity contribution in [1.29, 1.82) is 0 Å². The molecule has 0 bridgehead atoms. The molecule has 32 heavy (non-hydrogen) atoms. The van der Waals surface area contributed by atoms with Crippen molar-refractivity contribution in [3.8, 4) is 0 Å². The third-order valence-corrected chi connectivity index (χ3v) is 4.60. The standard InChI is InChI=1S/C27H20N3O.Pt/c1-21-12-8-10-18-25(21)30(20-28-23-15-6-3-7-16-23)26-19-11-9-17-24(26)29-27(31)22-13-4-2-5-14-22;/h2-13,15,17-19H,1H3,(H,29,31);/q-3;+4/p-1. The van der Waals surface area contributed by atoms with Gasteiger partial charge in [-0.25, -0.2) is 6.07 Å². The van der Waals surface area contributed by atoms with Crippen LogP contribution in [0.2, 0.25) is 0 Å². The van der Waals surface area contributed by atoms with Crippen molar-refractivity contribution in [2.24, 2.45) is 4.99 Å². The summed E-state index contributed by atoms with van der Waals surface area (Å²) in [6.07, 6.45) is 3.11. The number of aliphatic imine (C=N–C) groups is 1. The molecular weight excluding hydrogens is 577 g/mol. The van der Waals surface area contributed by atoms with E-state index in [2.05, 4.69) is 28.8 Å². The van der Waals surface area contributed by atoms with Gasteiger partial charge in [-0.1, -0.05) is 54.1 Å². The van der Waals surface area contributed by atoms with Crippen LogP contribution in [-0.4, -0.2) is 12.2 Å². The minimum absolute atomic E-state index is 0. The molecule has 0 N–H and O–H groups in total. The predicted octanol–water partition coefficient (Wildman–Crippen LogP) is 6.81. The number of carbonyl (C=O) groups excluding carboxylic acids is 1. The van der Waals surface area contributed by atoms with Crippen LogP contribution < -0.4 is 4.90 Å². The van der Waals surface area contributed by atoms with Crippen LogP contribution in [0.4, 0.5) is 22.7 Å². The molecule has 4 aromatic carbocycles. The summed E-state index contributed by atoms with van der Waals surface area (Å²) >= 11 is 0. The molecule has 0 saturated carbocycles. The van der Waals surface area contributed by atoms with Gasteiger partial charge in [0.25, 0.3) is 0 Å². The average Bonchev–Trinajstić information content (AvgIpc) is 2.82. The van der Waals surface area contributed by atoms with E-state index in [1.54, 1.807) is 30.3 Å². The summed E-state index contributed by atoms with van der Waals surface area (Å²) in [7, 11) is 0. The van der Waals surface area contributed by atoms with Gasteiger partial charge >= 0.3 is 21.1 Å². The van der Waals surface area contributed by atoms with Crippen molar-refractivity contribution in [2.75, 3.05) is 4.90 Å². The molecule has 0 fully saturated rings. The Morgan fingerprint density at radius 2 is 1.50 bits per heavy atom. The van der Waals surface area contributed by atoms with E-state index in [1.165, 1.54) is 0 Å². The summed E-state index contributed by atoms with van der Waals surface area (Å²) in [5, 5.41) is 4.36. The molecule has 0 unspecified atom stereocenters. The predicted molar refractivity (Wildman–Crippen MR) is 125 cm³/mol. The number of anilines is 2. The molecule has 4 aromatic rings. The number of rotatable bonds is 6. The largest absolute Gasteiger partial charge is 4.00 e. The summed E-state index contributed by atoms with van der Waals surface area (Å²) < 4.78 is 0. The minimum atomic E-state index is -0.355. The molecule has 0 aliphatic rings. The van der Waals surface area contributed by atoms with E-state index in [4.69, 9.17) is 0 Å².